The van der Waals surface area contributed by atoms with Gasteiger partial charge < -0.3 is 15.0 Å². The molecule has 0 unspecified atom stereocenters. The van der Waals surface area contributed by atoms with Crippen molar-refractivity contribution >= 4 is 65.6 Å². The molecule has 0 radical (unpaired) electrons. The molecule has 13 nitrogen and oxygen atoms in total. The number of halogens is 3. The monoisotopic (exact) mass is 689 g/mol. The zero-order valence-corrected chi connectivity index (χ0v) is 27.0. The lowest BCUT2D eigenvalue weighted by molar-refractivity contribution is 0.146. The summed E-state index contributed by atoms with van der Waals surface area (Å²) in [6, 6.07) is 3.72. The van der Waals surface area contributed by atoms with E-state index in [4.69, 9.17) is 4.74 Å². The van der Waals surface area contributed by atoms with Gasteiger partial charge in [-0.2, -0.15) is 21.1 Å². The molecule has 226 valence electrons. The fourth-order valence-corrected chi connectivity index (χ4v) is 5.94. The average molecular weight is 691 g/mol. The number of benzene rings is 1. The highest BCUT2D eigenvalue weighted by atomic mass is 79.9. The van der Waals surface area contributed by atoms with Gasteiger partial charge in [0.15, 0.2) is 0 Å². The Hall–Kier alpha value is -2.31. The first-order valence-electron chi connectivity index (χ1n) is 11.8. The van der Waals surface area contributed by atoms with Gasteiger partial charge in [0.25, 0.3) is 5.16 Å². The smallest absolute Gasteiger partial charge is 0.407 e. The number of nitrogens with one attached hydrogen (secondary N) is 1. The Morgan fingerprint density at radius 2 is 1.82 bits per heavy atom. The largest absolute Gasteiger partial charge is 0.450 e. The number of ether oxygens (including phenoxy) is 1. The molecule has 0 aliphatic heterocycles. The van der Waals surface area contributed by atoms with E-state index in [1.807, 2.05) is 21.0 Å². The van der Waals surface area contributed by atoms with Crippen molar-refractivity contribution in [1.29, 1.82) is 0 Å². The van der Waals surface area contributed by atoms with Crippen LogP contribution in [0.2, 0.25) is 0 Å². The third-order valence-electron chi connectivity index (χ3n) is 5.15. The molecule has 0 fully saturated rings. The molecular weight excluding hydrogens is 657 g/mol. The van der Waals surface area contributed by atoms with Crippen LogP contribution in [0.15, 0.2) is 34.2 Å². The van der Waals surface area contributed by atoms with Crippen molar-refractivity contribution in [1.82, 2.24) is 32.7 Å². The molecule has 40 heavy (non-hydrogen) atoms. The molecule has 0 bridgehead atoms. The Morgan fingerprint density at radius 1 is 1.18 bits per heavy atom. The predicted molar refractivity (Wildman–Crippen MR) is 155 cm³/mol. The second-order valence-corrected chi connectivity index (χ2v) is 13.2. The minimum absolute atomic E-state index is 0. The number of aromatic nitrogens is 4. The van der Waals surface area contributed by atoms with Crippen molar-refractivity contribution in [3.8, 4) is 0 Å². The summed E-state index contributed by atoms with van der Waals surface area (Å²) in [6.45, 7) is 5.65. The van der Waals surface area contributed by atoms with Gasteiger partial charge in [0.2, 0.25) is 0 Å². The number of carbonyl (C=O) groups is 1. The van der Waals surface area contributed by atoms with Crippen LogP contribution in [0.4, 0.5) is 9.18 Å². The van der Waals surface area contributed by atoms with Crippen LogP contribution < -0.4 is 5.32 Å². The summed E-state index contributed by atoms with van der Waals surface area (Å²) >= 11 is 3.29. The van der Waals surface area contributed by atoms with E-state index >= 15 is 0 Å². The first-order valence-corrected chi connectivity index (χ1v) is 15.4. The Morgan fingerprint density at radius 3 is 2.40 bits per heavy atom. The van der Waals surface area contributed by atoms with Crippen molar-refractivity contribution in [2.24, 2.45) is 0 Å². The van der Waals surface area contributed by atoms with Crippen molar-refractivity contribution in [3.63, 3.8) is 0 Å². The summed E-state index contributed by atoms with van der Waals surface area (Å²) in [6.07, 6.45) is 2.30. The van der Waals surface area contributed by atoms with Crippen LogP contribution in [-0.4, -0.2) is 98.2 Å². The summed E-state index contributed by atoms with van der Waals surface area (Å²) < 4.78 is 71.2. The summed E-state index contributed by atoms with van der Waals surface area (Å²) in [7, 11) is -1.82. The van der Waals surface area contributed by atoms with E-state index in [0.717, 1.165) is 40.1 Å². The molecule has 1 aromatic carbocycles. The van der Waals surface area contributed by atoms with Crippen LogP contribution in [0.5, 0.6) is 0 Å². The highest BCUT2D eigenvalue weighted by molar-refractivity contribution is 9.10. The number of alkyl carbamates (subject to hydrolysis) is 1. The van der Waals surface area contributed by atoms with E-state index in [0.29, 0.717) is 27.1 Å². The number of hydrogen-bond acceptors (Lipinski definition) is 9. The second kappa shape index (κ2) is 15.1. The first kappa shape index (κ1) is 35.7. The number of rotatable bonds is 10. The molecule has 18 heteroatoms. The first-order chi connectivity index (χ1) is 18.1. The van der Waals surface area contributed by atoms with Gasteiger partial charge in [0.05, 0.1) is 12.1 Å². The van der Waals surface area contributed by atoms with E-state index in [1.165, 1.54) is 33.2 Å². The molecule has 2 aromatic heterocycles. The lowest BCUT2D eigenvalue weighted by Crippen LogP contribution is -2.29. The normalized spacial score (nSPS) is 11.8. The van der Waals surface area contributed by atoms with Crippen molar-refractivity contribution in [3.05, 3.63) is 40.5 Å². The van der Waals surface area contributed by atoms with Crippen LogP contribution in [0.3, 0.4) is 0 Å². The third-order valence-corrected chi connectivity index (χ3v) is 9.32. The Kier molecular flexibility index (Phi) is 13.5. The molecule has 0 atom stereocenters. The van der Waals surface area contributed by atoms with Gasteiger partial charge in [-0.15, -0.1) is 21.6 Å². The summed E-state index contributed by atoms with van der Waals surface area (Å²) in [5.74, 6) is -0.618. The molecule has 2 heterocycles. The van der Waals surface area contributed by atoms with Crippen LogP contribution in [-0.2, 0) is 25.0 Å². The SMILES string of the molecule is CCCOC(=O)NCCCN(C)C.Cc1c(Br)c2ccc(F)cc2n1S(=O)(=O)c1ncn(S(=O)(=O)N(C)C)n1.Cl. The zero-order chi connectivity index (χ0) is 29.5. The third kappa shape index (κ3) is 8.59. The highest BCUT2D eigenvalue weighted by Gasteiger charge is 2.30. The molecule has 1 N–H and O–H groups in total. The fraction of sp³-hybridized carbons (Fsp3) is 0.500. The van der Waals surface area contributed by atoms with Gasteiger partial charge in [0, 0.05) is 36.2 Å². The lowest BCUT2D eigenvalue weighted by atomic mass is 10.2. The number of carbonyl (C=O) groups excluding carboxylic acids is 1. The molecule has 0 spiro atoms. The van der Waals surface area contributed by atoms with Gasteiger partial charge in [-0.05, 0) is 74.5 Å². The van der Waals surface area contributed by atoms with Crippen LogP contribution >= 0.6 is 28.3 Å². The standard InChI is InChI=1S/C13H13BrFN5O4S2.C9H20N2O2.ClH/c1-8-12(14)10-5-4-9(15)6-11(10)20(8)25(21,22)13-16-7-19(17-13)26(23,24)18(2)3;1-4-8-13-9(12)10-6-5-7-11(2)3;/h4-7H,1-3H3;4-8H2,1-3H3,(H,10,12);1H. The number of hydrogen-bond donors (Lipinski definition) is 1. The van der Waals surface area contributed by atoms with Gasteiger partial charge in [-0.1, -0.05) is 6.92 Å². The minimum atomic E-state index is -4.36. The Balaban J connectivity index is 0.000000489. The number of fused-ring (bicyclic) bond motifs is 1. The van der Waals surface area contributed by atoms with Gasteiger partial charge in [0.1, 0.15) is 12.1 Å². The highest BCUT2D eigenvalue weighted by Crippen LogP contribution is 2.33. The maximum Gasteiger partial charge on any atom is 0.407 e. The second-order valence-electron chi connectivity index (χ2n) is 8.74. The van der Waals surface area contributed by atoms with E-state index in [1.54, 1.807) is 0 Å². The van der Waals surface area contributed by atoms with E-state index in [9.17, 15) is 26.0 Å². The van der Waals surface area contributed by atoms with Crippen molar-refractivity contribution in [2.75, 3.05) is 47.9 Å². The molecule has 0 aliphatic carbocycles. The van der Waals surface area contributed by atoms with Crippen molar-refractivity contribution in [2.45, 2.75) is 31.8 Å². The van der Waals surface area contributed by atoms with Gasteiger partial charge in [-0.3, -0.25) is 0 Å². The van der Waals surface area contributed by atoms with Gasteiger partial charge in [-0.25, -0.2) is 18.1 Å². The minimum Gasteiger partial charge on any atom is -0.450 e. The van der Waals surface area contributed by atoms with Crippen LogP contribution in [0, 0.1) is 12.7 Å². The summed E-state index contributed by atoms with van der Waals surface area (Å²) in [4.78, 5) is 16.6. The molecular formula is C22H34BrClFN7O6S2. The zero-order valence-electron chi connectivity index (χ0n) is 23.0. The molecule has 3 rings (SSSR count). The Labute approximate surface area is 248 Å². The van der Waals surface area contributed by atoms with Crippen LogP contribution in [0.25, 0.3) is 10.9 Å². The Bertz CT molecular complexity index is 1510. The average Bonchev–Trinajstić information content (AvgIpc) is 3.46. The quantitative estimate of drug-likeness (QED) is 0.317. The molecule has 3 aromatic rings. The molecule has 1 amide bonds. The lowest BCUT2D eigenvalue weighted by Gasteiger charge is -2.09. The molecule has 0 saturated carbocycles. The number of nitrogens with zero attached hydrogens (tertiary/aromatic N) is 6. The topological polar surface area (TPSA) is 149 Å². The van der Waals surface area contributed by atoms with Crippen LogP contribution in [0.1, 0.15) is 25.5 Å². The van der Waals surface area contributed by atoms with Gasteiger partial charge >= 0.3 is 26.3 Å². The summed E-state index contributed by atoms with van der Waals surface area (Å²) in [5, 5.41) is 6.03. The van der Waals surface area contributed by atoms with E-state index in [2.05, 4.69) is 36.2 Å². The van der Waals surface area contributed by atoms with Crippen molar-refractivity contribution < 1.29 is 30.8 Å². The van der Waals surface area contributed by atoms with E-state index in [-0.39, 0.29) is 29.7 Å². The predicted octanol–water partition coefficient (Wildman–Crippen LogP) is 2.83. The number of amides is 1. The fourth-order valence-electron chi connectivity index (χ4n) is 3.18. The van der Waals surface area contributed by atoms with E-state index < -0.39 is 31.2 Å². The maximum absolute atomic E-state index is 13.7. The summed E-state index contributed by atoms with van der Waals surface area (Å²) in [5.41, 5.74) is 0.360. The molecule has 0 saturated heterocycles. The molecule has 0 aliphatic rings. The maximum atomic E-state index is 13.7.